The van der Waals surface area contributed by atoms with E-state index in [1.165, 1.54) is 115 Å². The fourth-order valence-electron chi connectivity index (χ4n) is 12.5. The first kappa shape index (κ1) is 30.4. The molecule has 12 rings (SSSR count). The second-order valence-electron chi connectivity index (χ2n) is 18.4. The highest BCUT2D eigenvalue weighted by Gasteiger charge is 2.64. The van der Waals surface area contributed by atoms with Gasteiger partial charge in [0.1, 0.15) is 0 Å². The smallest absolute Gasteiger partial charge is 0.328 e. The largest absolute Gasteiger partial charge is 0.400 e. The van der Waals surface area contributed by atoms with E-state index in [-0.39, 0.29) is 23.2 Å². The molecule has 3 heteroatoms. The van der Waals surface area contributed by atoms with E-state index in [9.17, 15) is 0 Å². The standard InChI is InChI=1S/C50H45BN2/c1-30-26-34-35-28-31(47(2,3)4)29-40-45(35)53(49(6)25-14-13-24-48(40,49)5)51-41-22-15-21-39-46(41)52(43(27-30)44(34)51)42-23-12-11-20-38(42)50(39)36-18-9-7-16-32(36)33-17-8-10-19-37(33)50/h7-12,15-23,26-29H,13-14,24-25H2,1-6H3. The zero-order chi connectivity index (χ0) is 35.8. The third kappa shape index (κ3) is 3.29. The minimum atomic E-state index is -0.413. The maximum atomic E-state index is 2.99. The Balaban J connectivity index is 1.25. The van der Waals surface area contributed by atoms with Gasteiger partial charge in [-0.15, -0.1) is 0 Å². The lowest BCUT2D eigenvalue weighted by molar-refractivity contribution is 0.199. The van der Waals surface area contributed by atoms with Gasteiger partial charge in [0.05, 0.1) is 11.1 Å². The monoisotopic (exact) mass is 684 g/mol. The summed E-state index contributed by atoms with van der Waals surface area (Å²) >= 11 is 0. The molecule has 2 nitrogen and oxygen atoms in total. The van der Waals surface area contributed by atoms with Crippen molar-refractivity contribution >= 4 is 40.5 Å². The molecule has 258 valence electrons. The molecule has 1 spiro atoms. The van der Waals surface area contributed by atoms with Crippen molar-refractivity contribution in [2.24, 2.45) is 0 Å². The maximum Gasteiger partial charge on any atom is 0.328 e. The molecule has 2 atom stereocenters. The summed E-state index contributed by atoms with van der Waals surface area (Å²) in [6, 6.07) is 45.4. The Morgan fingerprint density at radius 3 is 1.98 bits per heavy atom. The molecule has 6 aromatic rings. The van der Waals surface area contributed by atoms with Crippen LogP contribution in [0.2, 0.25) is 0 Å². The van der Waals surface area contributed by atoms with Crippen LogP contribution in [-0.2, 0) is 16.2 Å². The third-order valence-electron chi connectivity index (χ3n) is 15.0. The van der Waals surface area contributed by atoms with Gasteiger partial charge >= 0.3 is 6.85 Å². The summed E-state index contributed by atoms with van der Waals surface area (Å²) in [6.07, 6.45) is 5.02. The number of rotatable bonds is 0. The molecule has 2 aliphatic carbocycles. The molecule has 0 saturated heterocycles. The lowest BCUT2D eigenvalue weighted by atomic mass is 9.41. The van der Waals surface area contributed by atoms with Crippen LogP contribution >= 0.6 is 0 Å². The molecule has 0 aromatic heterocycles. The van der Waals surface area contributed by atoms with Gasteiger partial charge in [0.15, 0.2) is 0 Å². The van der Waals surface area contributed by atoms with Crippen molar-refractivity contribution < 1.29 is 0 Å². The molecule has 0 amide bonds. The van der Waals surface area contributed by atoms with Crippen LogP contribution in [0.5, 0.6) is 0 Å². The second-order valence-corrected chi connectivity index (χ2v) is 18.4. The molecule has 0 radical (unpaired) electrons. The van der Waals surface area contributed by atoms with Crippen molar-refractivity contribution in [1.29, 1.82) is 0 Å². The van der Waals surface area contributed by atoms with Crippen LogP contribution in [0, 0.1) is 6.92 Å². The van der Waals surface area contributed by atoms with Gasteiger partial charge in [-0.05, 0) is 117 Å². The quantitative estimate of drug-likeness (QED) is 0.147. The van der Waals surface area contributed by atoms with Gasteiger partial charge in [0, 0.05) is 33.6 Å². The molecule has 53 heavy (non-hydrogen) atoms. The fourth-order valence-corrected chi connectivity index (χ4v) is 12.5. The van der Waals surface area contributed by atoms with Crippen LogP contribution in [-0.4, -0.2) is 12.4 Å². The van der Waals surface area contributed by atoms with E-state index in [1.54, 1.807) is 5.56 Å². The van der Waals surface area contributed by atoms with Gasteiger partial charge in [-0.3, -0.25) is 0 Å². The molecule has 6 aromatic carbocycles. The number of benzene rings is 6. The highest BCUT2D eigenvalue weighted by molar-refractivity contribution is 6.93. The molecule has 0 bridgehead atoms. The van der Waals surface area contributed by atoms with E-state index in [1.807, 2.05) is 0 Å². The Morgan fingerprint density at radius 2 is 1.25 bits per heavy atom. The predicted octanol–water partition coefficient (Wildman–Crippen LogP) is 10.9. The van der Waals surface area contributed by atoms with Gasteiger partial charge < -0.3 is 9.71 Å². The number of anilines is 4. The Bertz CT molecular complexity index is 2600. The van der Waals surface area contributed by atoms with Crippen molar-refractivity contribution in [3.05, 3.63) is 154 Å². The molecular formula is C50H45BN2. The first-order valence-corrected chi connectivity index (χ1v) is 19.9. The maximum absolute atomic E-state index is 2.99. The highest BCUT2D eigenvalue weighted by atomic mass is 15.2. The Hall–Kier alpha value is -5.02. The van der Waals surface area contributed by atoms with Crippen LogP contribution in [0.3, 0.4) is 0 Å². The first-order valence-electron chi connectivity index (χ1n) is 19.9. The highest BCUT2D eigenvalue weighted by Crippen LogP contribution is 2.66. The third-order valence-corrected chi connectivity index (χ3v) is 15.0. The van der Waals surface area contributed by atoms with E-state index in [0.29, 0.717) is 0 Å². The van der Waals surface area contributed by atoms with Crippen LogP contribution < -0.4 is 20.6 Å². The molecule has 4 heterocycles. The topological polar surface area (TPSA) is 6.48 Å². The molecule has 0 N–H and O–H groups in total. The van der Waals surface area contributed by atoms with Crippen molar-refractivity contribution in [2.45, 2.75) is 89.0 Å². The molecular weight excluding hydrogens is 639 g/mol. The van der Waals surface area contributed by atoms with Crippen molar-refractivity contribution in [3.8, 4) is 22.3 Å². The summed E-state index contributed by atoms with van der Waals surface area (Å²) in [6.45, 7) is 14.9. The molecule has 1 saturated carbocycles. The number of aryl methyl sites for hydroxylation is 1. The van der Waals surface area contributed by atoms with Crippen LogP contribution in [0.25, 0.3) is 22.3 Å². The van der Waals surface area contributed by atoms with Gasteiger partial charge in [-0.25, -0.2) is 0 Å². The molecule has 2 unspecified atom stereocenters. The van der Waals surface area contributed by atoms with Crippen molar-refractivity contribution in [3.63, 3.8) is 0 Å². The summed E-state index contributed by atoms with van der Waals surface area (Å²) in [5.74, 6) is 0. The lowest BCUT2D eigenvalue weighted by Gasteiger charge is -2.56. The number of para-hydroxylation sites is 2. The zero-order valence-corrected chi connectivity index (χ0v) is 31.8. The number of fused-ring (bicyclic) bond motifs is 16. The van der Waals surface area contributed by atoms with E-state index in [2.05, 4.69) is 167 Å². The van der Waals surface area contributed by atoms with Crippen LogP contribution in [0.4, 0.5) is 22.7 Å². The minimum Gasteiger partial charge on any atom is -0.400 e. The van der Waals surface area contributed by atoms with E-state index < -0.39 is 5.41 Å². The second kappa shape index (κ2) is 9.55. The first-order chi connectivity index (χ1) is 25.6. The van der Waals surface area contributed by atoms with E-state index >= 15 is 0 Å². The average Bonchev–Trinajstić information content (AvgIpc) is 3.56. The van der Waals surface area contributed by atoms with E-state index in [0.717, 1.165) is 0 Å². The van der Waals surface area contributed by atoms with Crippen LogP contribution in [0.1, 0.15) is 99.2 Å². The van der Waals surface area contributed by atoms with Gasteiger partial charge in [-0.2, -0.15) is 0 Å². The van der Waals surface area contributed by atoms with Gasteiger partial charge in [-0.1, -0.05) is 138 Å². The zero-order valence-electron chi connectivity index (χ0n) is 31.8. The molecule has 6 aliphatic rings. The van der Waals surface area contributed by atoms with Gasteiger partial charge in [0.2, 0.25) is 0 Å². The minimum absolute atomic E-state index is 0.00886. The van der Waals surface area contributed by atoms with E-state index in [4.69, 9.17) is 0 Å². The summed E-state index contributed by atoms with van der Waals surface area (Å²) < 4.78 is 0. The fraction of sp³-hybridized carbons (Fsp3) is 0.280. The number of nitrogens with zero attached hydrogens (tertiary/aromatic N) is 2. The summed E-state index contributed by atoms with van der Waals surface area (Å²) in [5, 5.41) is 0. The molecule has 4 aliphatic heterocycles. The normalized spacial score (nSPS) is 22.8. The average molecular weight is 685 g/mol. The summed E-state index contributed by atoms with van der Waals surface area (Å²) in [5.41, 5.74) is 23.7. The van der Waals surface area contributed by atoms with Gasteiger partial charge in [0.25, 0.3) is 0 Å². The number of hydrogen-bond acceptors (Lipinski definition) is 2. The van der Waals surface area contributed by atoms with Crippen LogP contribution in [0.15, 0.2) is 115 Å². The predicted molar refractivity (Wildman–Crippen MR) is 223 cm³/mol. The lowest BCUT2D eigenvalue weighted by Crippen LogP contribution is -2.71. The van der Waals surface area contributed by atoms with Crippen molar-refractivity contribution in [2.75, 3.05) is 9.71 Å². The Labute approximate surface area is 314 Å². The Morgan fingerprint density at radius 1 is 0.585 bits per heavy atom. The Kier molecular flexibility index (Phi) is 5.49. The summed E-state index contributed by atoms with van der Waals surface area (Å²) in [7, 11) is 0. The number of hydrogen-bond donors (Lipinski definition) is 0. The summed E-state index contributed by atoms with van der Waals surface area (Å²) in [4.78, 5) is 5.68. The van der Waals surface area contributed by atoms with Crippen molar-refractivity contribution in [1.82, 2.24) is 0 Å². The molecule has 1 fully saturated rings. The SMILES string of the molecule is Cc1cc2c3c(c1)N1c4ccccc4C4(c5ccccc5-c5ccccc54)c4cccc(c41)B3N1c3c-2cc(C(C)(C)C)cc3C2(C)CCCCC12C.